The van der Waals surface area contributed by atoms with E-state index in [-0.39, 0.29) is 24.3 Å². The van der Waals surface area contributed by atoms with Gasteiger partial charge in [0.1, 0.15) is 24.0 Å². The van der Waals surface area contributed by atoms with Crippen molar-refractivity contribution in [2.75, 3.05) is 25.5 Å². The van der Waals surface area contributed by atoms with Crippen LogP contribution in [0.25, 0.3) is 10.9 Å². The van der Waals surface area contributed by atoms with Gasteiger partial charge in [0.2, 0.25) is 5.78 Å². The molecule has 0 amide bonds. The Kier molecular flexibility index (Phi) is 7.68. The Balaban J connectivity index is 0.00000274. The van der Waals surface area contributed by atoms with Gasteiger partial charge in [0, 0.05) is 24.3 Å². The van der Waals surface area contributed by atoms with Crippen LogP contribution < -0.4 is 10.1 Å². The van der Waals surface area contributed by atoms with Crippen molar-refractivity contribution >= 4 is 63.5 Å². The summed E-state index contributed by atoms with van der Waals surface area (Å²) in [7, 11) is 2.13. The number of piperidine rings is 1. The van der Waals surface area contributed by atoms with Crippen LogP contribution in [0, 0.1) is 0 Å². The first kappa shape index (κ1) is 24.4. The highest BCUT2D eigenvalue weighted by molar-refractivity contribution is 7.12. The molecule has 1 N–H and O–H groups in total. The molecule has 6 nitrogen and oxygen atoms in total. The fourth-order valence-corrected chi connectivity index (χ4v) is 4.95. The van der Waals surface area contributed by atoms with Gasteiger partial charge in [-0.2, -0.15) is 0 Å². The minimum atomic E-state index is -0.0807. The van der Waals surface area contributed by atoms with Crippen LogP contribution in [0.4, 0.5) is 11.5 Å². The number of nitrogens with one attached hydrogen (secondary N) is 1. The molecule has 1 aliphatic heterocycles. The van der Waals surface area contributed by atoms with Crippen LogP contribution in [0.1, 0.15) is 28.1 Å². The number of anilines is 2. The van der Waals surface area contributed by atoms with Gasteiger partial charge in [-0.3, -0.25) is 4.79 Å². The number of hydrogen-bond donors (Lipinski definition) is 1. The predicted octanol–water partition coefficient (Wildman–Crippen LogP) is 6.21. The summed E-state index contributed by atoms with van der Waals surface area (Å²) in [6.45, 7) is 2.04. The molecule has 5 rings (SSSR count). The molecule has 1 fully saturated rings. The summed E-state index contributed by atoms with van der Waals surface area (Å²) in [6, 6.07) is 14.8. The molecule has 2 aromatic carbocycles. The maximum atomic E-state index is 12.7. The van der Waals surface area contributed by atoms with Crippen molar-refractivity contribution in [2.45, 2.75) is 18.9 Å². The molecule has 0 aliphatic carbocycles. The van der Waals surface area contributed by atoms with E-state index < -0.39 is 0 Å². The molecule has 4 aromatic rings. The minimum Gasteiger partial charge on any atom is -0.489 e. The van der Waals surface area contributed by atoms with Crippen LogP contribution >= 0.6 is 35.3 Å². The van der Waals surface area contributed by atoms with Crippen LogP contribution in [0.2, 0.25) is 5.02 Å². The molecule has 0 bridgehead atoms. The SMILES string of the molecule is CN1CCC(Oc2cccc3ncnc(Nc4ccc(C(=O)c5cccs5)c(Cl)c4)c23)CC1.Cl. The molecule has 0 atom stereocenters. The number of thiophene rings is 1. The van der Waals surface area contributed by atoms with Gasteiger partial charge in [-0.05, 0) is 61.7 Å². The Morgan fingerprint density at radius 3 is 2.71 bits per heavy atom. The second-order valence-corrected chi connectivity index (χ2v) is 9.47. The summed E-state index contributed by atoms with van der Waals surface area (Å²) in [5.74, 6) is 1.32. The van der Waals surface area contributed by atoms with Crippen LogP contribution in [-0.2, 0) is 0 Å². The highest BCUT2D eigenvalue weighted by Crippen LogP contribution is 2.34. The molecule has 0 saturated carbocycles. The van der Waals surface area contributed by atoms with E-state index in [0.717, 1.165) is 48.3 Å². The number of rotatable bonds is 6. The number of benzene rings is 2. The minimum absolute atomic E-state index is 0. The van der Waals surface area contributed by atoms with Crippen LogP contribution in [-0.4, -0.2) is 46.9 Å². The largest absolute Gasteiger partial charge is 0.489 e. The maximum Gasteiger partial charge on any atom is 0.204 e. The Hall–Kier alpha value is -2.71. The van der Waals surface area contributed by atoms with Gasteiger partial charge in [0.15, 0.2) is 0 Å². The van der Waals surface area contributed by atoms with E-state index in [9.17, 15) is 4.79 Å². The molecule has 0 unspecified atom stereocenters. The van der Waals surface area contributed by atoms with Crippen molar-refractivity contribution in [1.82, 2.24) is 14.9 Å². The average Bonchev–Trinajstić information content (AvgIpc) is 3.36. The third-order valence-corrected chi connectivity index (χ3v) is 6.99. The second kappa shape index (κ2) is 10.7. The van der Waals surface area contributed by atoms with Crippen molar-refractivity contribution < 1.29 is 9.53 Å². The first-order valence-corrected chi connectivity index (χ1v) is 12.1. The summed E-state index contributed by atoms with van der Waals surface area (Å²) in [6.07, 6.45) is 3.66. The number of ketones is 1. The number of fused-ring (bicyclic) bond motifs is 1. The van der Waals surface area contributed by atoms with E-state index in [2.05, 4.69) is 27.2 Å². The highest BCUT2D eigenvalue weighted by atomic mass is 35.5. The van der Waals surface area contributed by atoms with Crippen molar-refractivity contribution in [1.29, 1.82) is 0 Å². The molecular weight excluding hydrogens is 491 g/mol. The Morgan fingerprint density at radius 1 is 1.15 bits per heavy atom. The van der Waals surface area contributed by atoms with Gasteiger partial charge in [0.25, 0.3) is 0 Å². The lowest BCUT2D eigenvalue weighted by atomic mass is 10.1. The number of halogens is 2. The number of carbonyl (C=O) groups excluding carboxylic acids is 1. The second-order valence-electron chi connectivity index (χ2n) is 8.12. The highest BCUT2D eigenvalue weighted by Gasteiger charge is 2.20. The van der Waals surface area contributed by atoms with E-state index in [1.807, 2.05) is 35.7 Å². The van der Waals surface area contributed by atoms with Crippen molar-refractivity contribution in [3.05, 3.63) is 75.7 Å². The number of carbonyl (C=O) groups is 1. The quantitative estimate of drug-likeness (QED) is 0.308. The van der Waals surface area contributed by atoms with Gasteiger partial charge in [0.05, 0.1) is 20.8 Å². The zero-order chi connectivity index (χ0) is 22.8. The zero-order valence-corrected chi connectivity index (χ0v) is 20.9. The summed E-state index contributed by atoms with van der Waals surface area (Å²) >= 11 is 7.88. The van der Waals surface area contributed by atoms with Gasteiger partial charge in [-0.25, -0.2) is 9.97 Å². The lowest BCUT2D eigenvalue weighted by Crippen LogP contribution is -2.35. The molecule has 1 aliphatic rings. The first-order chi connectivity index (χ1) is 16.1. The van der Waals surface area contributed by atoms with Gasteiger partial charge in [-0.1, -0.05) is 23.7 Å². The van der Waals surface area contributed by atoms with Crippen LogP contribution in [0.3, 0.4) is 0 Å². The molecule has 9 heteroatoms. The zero-order valence-electron chi connectivity index (χ0n) is 18.5. The van der Waals surface area contributed by atoms with E-state index in [1.165, 1.54) is 17.7 Å². The molecule has 0 radical (unpaired) electrons. The van der Waals surface area contributed by atoms with E-state index in [4.69, 9.17) is 16.3 Å². The molecule has 34 heavy (non-hydrogen) atoms. The molecule has 1 saturated heterocycles. The van der Waals surface area contributed by atoms with E-state index in [1.54, 1.807) is 18.2 Å². The smallest absolute Gasteiger partial charge is 0.204 e. The normalized spacial score (nSPS) is 14.5. The Labute approximate surface area is 213 Å². The molecule has 0 spiro atoms. The number of aromatic nitrogens is 2. The Morgan fingerprint density at radius 2 is 1.97 bits per heavy atom. The number of nitrogens with zero attached hydrogens (tertiary/aromatic N) is 3. The van der Waals surface area contributed by atoms with Crippen molar-refractivity contribution in [3.8, 4) is 5.75 Å². The summed E-state index contributed by atoms with van der Waals surface area (Å²) in [5, 5.41) is 6.43. The first-order valence-electron chi connectivity index (χ1n) is 10.8. The summed E-state index contributed by atoms with van der Waals surface area (Å²) < 4.78 is 6.39. The number of ether oxygens (including phenoxy) is 1. The van der Waals surface area contributed by atoms with Crippen molar-refractivity contribution in [3.63, 3.8) is 0 Å². The monoisotopic (exact) mass is 514 g/mol. The fraction of sp³-hybridized carbons (Fsp3) is 0.240. The van der Waals surface area contributed by atoms with E-state index >= 15 is 0 Å². The topological polar surface area (TPSA) is 67.3 Å². The summed E-state index contributed by atoms with van der Waals surface area (Å²) in [5.41, 5.74) is 2.01. The van der Waals surface area contributed by atoms with Crippen LogP contribution in [0.15, 0.2) is 60.2 Å². The van der Waals surface area contributed by atoms with Crippen LogP contribution in [0.5, 0.6) is 5.75 Å². The lowest BCUT2D eigenvalue weighted by molar-refractivity contribution is 0.104. The standard InChI is InChI=1S/C25H23ClN4O2S.ClH/c1-30-11-9-17(10-12-30)32-21-5-2-4-20-23(21)25(28-15-27-20)29-16-7-8-18(19(26)14-16)24(31)22-6-3-13-33-22;/h2-8,13-15,17H,9-12H2,1H3,(H,27,28,29);1H. The molecule has 176 valence electrons. The maximum absolute atomic E-state index is 12.7. The molecule has 2 aromatic heterocycles. The Bertz CT molecular complexity index is 1290. The fourth-order valence-electron chi connectivity index (χ4n) is 4.01. The van der Waals surface area contributed by atoms with Gasteiger partial charge in [-0.15, -0.1) is 23.7 Å². The van der Waals surface area contributed by atoms with Crippen molar-refractivity contribution in [2.24, 2.45) is 0 Å². The lowest BCUT2D eigenvalue weighted by Gasteiger charge is -2.29. The number of likely N-dealkylation sites (tertiary alicyclic amines) is 1. The van der Waals surface area contributed by atoms with Gasteiger partial charge >= 0.3 is 0 Å². The van der Waals surface area contributed by atoms with E-state index in [0.29, 0.717) is 21.3 Å². The summed E-state index contributed by atoms with van der Waals surface area (Å²) in [4.78, 5) is 24.6. The third-order valence-electron chi connectivity index (χ3n) is 5.81. The predicted molar refractivity (Wildman–Crippen MR) is 140 cm³/mol. The average molecular weight is 515 g/mol. The molecule has 3 heterocycles. The van der Waals surface area contributed by atoms with Gasteiger partial charge < -0.3 is 15.0 Å². The molecular formula is C25H24Cl2N4O2S. The number of hydrogen-bond acceptors (Lipinski definition) is 7. The third kappa shape index (κ3) is 5.18.